The summed E-state index contributed by atoms with van der Waals surface area (Å²) >= 11 is 0. The molecule has 0 saturated heterocycles. The molecule has 3 rings (SSSR count). The fourth-order valence-electron chi connectivity index (χ4n) is 2.95. The van der Waals surface area contributed by atoms with E-state index in [0.29, 0.717) is 12.3 Å². The monoisotopic (exact) mass is 269 g/mol. The van der Waals surface area contributed by atoms with Gasteiger partial charge < -0.3 is 5.32 Å². The van der Waals surface area contributed by atoms with Gasteiger partial charge in [-0.3, -0.25) is 14.8 Å². The minimum atomic E-state index is 0.0926. The summed E-state index contributed by atoms with van der Waals surface area (Å²) in [6.45, 7) is 0. The van der Waals surface area contributed by atoms with Gasteiger partial charge in [-0.1, -0.05) is 19.3 Å². The van der Waals surface area contributed by atoms with Crippen LogP contribution in [-0.4, -0.2) is 15.9 Å². The van der Waals surface area contributed by atoms with E-state index in [2.05, 4.69) is 15.3 Å². The lowest BCUT2D eigenvalue weighted by Gasteiger charge is -2.20. The van der Waals surface area contributed by atoms with Gasteiger partial charge in [0.05, 0.1) is 23.6 Å². The molecule has 4 heteroatoms. The number of amides is 1. The summed E-state index contributed by atoms with van der Waals surface area (Å²) < 4.78 is 0. The molecule has 4 nitrogen and oxygen atoms in total. The number of fused-ring (bicyclic) bond motifs is 1. The van der Waals surface area contributed by atoms with Crippen molar-refractivity contribution in [1.29, 1.82) is 0 Å². The summed E-state index contributed by atoms with van der Waals surface area (Å²) in [5.74, 6) is 0.639. The van der Waals surface area contributed by atoms with Crippen LogP contribution >= 0.6 is 0 Å². The minimum Gasteiger partial charge on any atom is -0.324 e. The molecule has 1 saturated carbocycles. The lowest BCUT2D eigenvalue weighted by atomic mass is 9.87. The molecule has 0 unspecified atom stereocenters. The van der Waals surface area contributed by atoms with E-state index >= 15 is 0 Å². The van der Waals surface area contributed by atoms with E-state index < -0.39 is 0 Å². The number of pyridine rings is 2. The van der Waals surface area contributed by atoms with Gasteiger partial charge in [0, 0.05) is 18.0 Å². The van der Waals surface area contributed by atoms with E-state index in [1.807, 2.05) is 12.1 Å². The molecule has 1 amide bonds. The number of carbonyl (C=O) groups is 1. The van der Waals surface area contributed by atoms with Crippen molar-refractivity contribution in [1.82, 2.24) is 9.97 Å². The van der Waals surface area contributed by atoms with Gasteiger partial charge in [-0.25, -0.2) is 0 Å². The van der Waals surface area contributed by atoms with Crippen LogP contribution in [0.1, 0.15) is 38.5 Å². The third-order valence-electron chi connectivity index (χ3n) is 4.00. The topological polar surface area (TPSA) is 54.9 Å². The molecule has 0 atom stereocenters. The number of nitrogens with one attached hydrogen (secondary N) is 1. The normalized spacial score (nSPS) is 16.2. The lowest BCUT2D eigenvalue weighted by molar-refractivity contribution is -0.117. The maximum atomic E-state index is 12.2. The second-order valence-corrected chi connectivity index (χ2v) is 5.51. The SMILES string of the molecule is O=C(CC1CCCCC1)Nc1cncc2ncccc12. The Morgan fingerprint density at radius 3 is 2.95 bits per heavy atom. The van der Waals surface area contributed by atoms with Gasteiger partial charge in [-0.05, 0) is 30.9 Å². The zero-order chi connectivity index (χ0) is 13.8. The van der Waals surface area contributed by atoms with Crippen LogP contribution in [-0.2, 0) is 4.79 Å². The molecule has 1 aliphatic carbocycles. The molecule has 1 N–H and O–H groups in total. The summed E-state index contributed by atoms with van der Waals surface area (Å²) in [6.07, 6.45) is 12.0. The fraction of sp³-hybridized carbons (Fsp3) is 0.438. The number of rotatable bonds is 3. The molecule has 104 valence electrons. The summed E-state index contributed by atoms with van der Waals surface area (Å²) in [7, 11) is 0. The lowest BCUT2D eigenvalue weighted by Crippen LogP contribution is -2.18. The Balaban J connectivity index is 1.71. The number of hydrogen-bond acceptors (Lipinski definition) is 3. The first kappa shape index (κ1) is 13.0. The van der Waals surface area contributed by atoms with E-state index in [-0.39, 0.29) is 5.91 Å². The molecule has 20 heavy (non-hydrogen) atoms. The molecule has 0 radical (unpaired) electrons. The Morgan fingerprint density at radius 1 is 1.25 bits per heavy atom. The smallest absolute Gasteiger partial charge is 0.224 e. The van der Waals surface area contributed by atoms with Crippen molar-refractivity contribution in [2.75, 3.05) is 5.32 Å². The number of carbonyl (C=O) groups excluding carboxylic acids is 1. The van der Waals surface area contributed by atoms with Crippen LogP contribution in [0, 0.1) is 5.92 Å². The average molecular weight is 269 g/mol. The van der Waals surface area contributed by atoms with Gasteiger partial charge in [0.2, 0.25) is 5.91 Å². The quantitative estimate of drug-likeness (QED) is 0.927. The zero-order valence-corrected chi connectivity index (χ0v) is 11.5. The first-order chi connectivity index (χ1) is 9.83. The van der Waals surface area contributed by atoms with Crippen LogP contribution in [0.25, 0.3) is 10.9 Å². The second-order valence-electron chi connectivity index (χ2n) is 5.51. The fourth-order valence-corrected chi connectivity index (χ4v) is 2.95. The van der Waals surface area contributed by atoms with Crippen molar-refractivity contribution in [2.24, 2.45) is 5.92 Å². The summed E-state index contributed by atoms with van der Waals surface area (Å²) in [5, 5.41) is 3.93. The van der Waals surface area contributed by atoms with Crippen LogP contribution in [0.15, 0.2) is 30.7 Å². The van der Waals surface area contributed by atoms with Gasteiger partial charge in [0.25, 0.3) is 0 Å². The predicted octanol–water partition coefficient (Wildman–Crippen LogP) is 3.54. The van der Waals surface area contributed by atoms with Crippen molar-refractivity contribution in [3.05, 3.63) is 30.7 Å². The van der Waals surface area contributed by atoms with E-state index in [0.717, 1.165) is 16.6 Å². The van der Waals surface area contributed by atoms with E-state index in [1.165, 1.54) is 32.1 Å². The van der Waals surface area contributed by atoms with Crippen molar-refractivity contribution in [2.45, 2.75) is 38.5 Å². The van der Waals surface area contributed by atoms with Crippen LogP contribution in [0.3, 0.4) is 0 Å². The molecule has 2 aromatic heterocycles. The maximum Gasteiger partial charge on any atom is 0.224 e. The molecule has 0 aromatic carbocycles. The molecule has 0 spiro atoms. The third kappa shape index (κ3) is 2.95. The summed E-state index contributed by atoms with van der Waals surface area (Å²) in [5.41, 5.74) is 1.57. The van der Waals surface area contributed by atoms with Crippen molar-refractivity contribution in [3.8, 4) is 0 Å². The van der Waals surface area contributed by atoms with Crippen LogP contribution < -0.4 is 5.32 Å². The van der Waals surface area contributed by atoms with Gasteiger partial charge in [0.15, 0.2) is 0 Å². The van der Waals surface area contributed by atoms with Gasteiger partial charge >= 0.3 is 0 Å². The highest BCUT2D eigenvalue weighted by Crippen LogP contribution is 2.27. The second kappa shape index (κ2) is 5.99. The first-order valence-corrected chi connectivity index (χ1v) is 7.31. The Morgan fingerprint density at radius 2 is 2.10 bits per heavy atom. The largest absolute Gasteiger partial charge is 0.324 e. The van der Waals surface area contributed by atoms with Gasteiger partial charge in [-0.15, -0.1) is 0 Å². The van der Waals surface area contributed by atoms with Gasteiger partial charge in [0.1, 0.15) is 0 Å². The van der Waals surface area contributed by atoms with Crippen molar-refractivity contribution < 1.29 is 4.79 Å². The Kier molecular flexibility index (Phi) is 3.90. The van der Waals surface area contributed by atoms with Crippen LogP contribution in [0.2, 0.25) is 0 Å². The zero-order valence-electron chi connectivity index (χ0n) is 11.5. The molecule has 1 aliphatic rings. The summed E-state index contributed by atoms with van der Waals surface area (Å²) in [6, 6.07) is 3.83. The minimum absolute atomic E-state index is 0.0926. The average Bonchev–Trinajstić information content (AvgIpc) is 2.48. The Bertz CT molecular complexity index is 600. The molecule has 1 fully saturated rings. The van der Waals surface area contributed by atoms with Crippen LogP contribution in [0.4, 0.5) is 5.69 Å². The van der Waals surface area contributed by atoms with Crippen LogP contribution in [0.5, 0.6) is 0 Å². The molecular weight excluding hydrogens is 250 g/mol. The van der Waals surface area contributed by atoms with E-state index in [1.54, 1.807) is 18.6 Å². The standard InChI is InChI=1S/C16H19N3O/c20-16(9-12-5-2-1-3-6-12)19-15-11-17-10-14-13(15)7-4-8-18-14/h4,7-8,10-12H,1-3,5-6,9H2,(H,19,20). The van der Waals surface area contributed by atoms with Gasteiger partial charge in [-0.2, -0.15) is 0 Å². The van der Waals surface area contributed by atoms with Crippen molar-refractivity contribution in [3.63, 3.8) is 0 Å². The Hall–Kier alpha value is -1.97. The highest BCUT2D eigenvalue weighted by Gasteiger charge is 2.17. The first-order valence-electron chi connectivity index (χ1n) is 7.31. The summed E-state index contributed by atoms with van der Waals surface area (Å²) in [4.78, 5) is 20.6. The molecule has 0 bridgehead atoms. The third-order valence-corrected chi connectivity index (χ3v) is 4.00. The molecule has 0 aliphatic heterocycles. The van der Waals surface area contributed by atoms with Crippen molar-refractivity contribution >= 4 is 22.5 Å². The Labute approximate surface area is 118 Å². The molecule has 2 aromatic rings. The molecular formula is C16H19N3O. The maximum absolute atomic E-state index is 12.2. The molecule has 2 heterocycles. The number of hydrogen-bond donors (Lipinski definition) is 1. The van der Waals surface area contributed by atoms with E-state index in [9.17, 15) is 4.79 Å². The van der Waals surface area contributed by atoms with E-state index in [4.69, 9.17) is 0 Å². The number of anilines is 1. The number of nitrogens with zero attached hydrogens (tertiary/aromatic N) is 2. The number of aromatic nitrogens is 2. The highest BCUT2D eigenvalue weighted by atomic mass is 16.1. The predicted molar refractivity (Wildman–Crippen MR) is 79.4 cm³/mol. The highest BCUT2D eigenvalue weighted by molar-refractivity contribution is 6.00.